The minimum absolute atomic E-state index is 0.310. The van der Waals surface area contributed by atoms with Gasteiger partial charge in [-0.3, -0.25) is 9.59 Å². The number of carbonyl (C=O) groups is 3. The van der Waals surface area contributed by atoms with Crippen LogP contribution in [0.1, 0.15) is 25.7 Å². The van der Waals surface area contributed by atoms with E-state index >= 15 is 0 Å². The predicted molar refractivity (Wildman–Crippen MR) is 53.1 cm³/mol. The Morgan fingerprint density at radius 2 is 1.44 bits per heavy atom. The topological polar surface area (TPSA) is 173 Å². The summed E-state index contributed by atoms with van der Waals surface area (Å²) in [6.07, 6.45) is -2.23. The van der Waals surface area contributed by atoms with Crippen LogP contribution in [0.25, 0.3) is 0 Å². The molecule has 6 N–H and O–H groups in total. The molecular formula is C9H14O9. The molecule has 0 aromatic carbocycles. The van der Waals surface area contributed by atoms with Crippen molar-refractivity contribution in [2.45, 2.75) is 37.3 Å². The van der Waals surface area contributed by atoms with Crippen LogP contribution in [0.4, 0.5) is 0 Å². The first-order valence-electron chi connectivity index (χ1n) is 4.87. The Labute approximate surface area is 101 Å². The number of carboxylic acids is 2. The average Bonchev–Trinajstić information content (AvgIpc) is 2.15. The van der Waals surface area contributed by atoms with Crippen molar-refractivity contribution in [2.75, 3.05) is 0 Å². The van der Waals surface area contributed by atoms with Gasteiger partial charge in [-0.15, -0.1) is 0 Å². The number of ketones is 1. The van der Waals surface area contributed by atoms with Gasteiger partial charge in [0.1, 0.15) is 12.2 Å². The number of rotatable bonds is 8. The van der Waals surface area contributed by atoms with Crippen molar-refractivity contribution in [3.8, 4) is 0 Å². The molecule has 0 radical (unpaired) electrons. The van der Waals surface area contributed by atoms with Gasteiger partial charge in [0.05, 0.1) is 0 Å². The maximum Gasteiger partial charge on any atom is 0.370 e. The second-order valence-corrected chi connectivity index (χ2v) is 3.76. The maximum absolute atomic E-state index is 10.9. The average molecular weight is 266 g/mol. The molecular weight excluding hydrogens is 252 g/mol. The highest BCUT2D eigenvalue weighted by Crippen LogP contribution is 2.23. The van der Waals surface area contributed by atoms with Gasteiger partial charge in [0.2, 0.25) is 5.79 Å². The van der Waals surface area contributed by atoms with E-state index in [0.717, 1.165) is 0 Å². The highest BCUT2D eigenvalue weighted by molar-refractivity contribution is 5.94. The first-order valence-corrected chi connectivity index (χ1v) is 4.87. The summed E-state index contributed by atoms with van der Waals surface area (Å²) in [6.45, 7) is 0. The molecule has 0 saturated carbocycles. The Hall–Kier alpha value is -1.55. The van der Waals surface area contributed by atoms with Crippen molar-refractivity contribution in [1.82, 2.24) is 0 Å². The zero-order valence-corrected chi connectivity index (χ0v) is 9.24. The van der Waals surface area contributed by atoms with Gasteiger partial charge in [0.25, 0.3) is 0 Å². The molecule has 9 nitrogen and oxygen atoms in total. The predicted octanol–water partition coefficient (Wildman–Crippen LogP) is -2.35. The minimum Gasteiger partial charge on any atom is -0.481 e. The molecule has 104 valence electrons. The smallest absolute Gasteiger partial charge is 0.370 e. The van der Waals surface area contributed by atoms with Crippen molar-refractivity contribution in [3.63, 3.8) is 0 Å². The number of aliphatic carboxylic acids is 2. The monoisotopic (exact) mass is 266 g/mol. The zero-order valence-electron chi connectivity index (χ0n) is 9.24. The molecule has 0 heterocycles. The normalized spacial score (nSPS) is 12.2. The second kappa shape index (κ2) is 5.87. The summed E-state index contributed by atoms with van der Waals surface area (Å²) in [5, 5.41) is 52.7. The van der Waals surface area contributed by atoms with E-state index in [1.165, 1.54) is 0 Å². The Morgan fingerprint density at radius 1 is 0.944 bits per heavy atom. The molecule has 0 unspecified atom stereocenters. The lowest BCUT2D eigenvalue weighted by Gasteiger charge is -2.31. The molecule has 0 fully saturated rings. The molecule has 0 amide bonds. The fraction of sp³-hybridized carbons (Fsp3) is 0.667. The van der Waals surface area contributed by atoms with Crippen molar-refractivity contribution >= 4 is 17.7 Å². The lowest BCUT2D eigenvalue weighted by Crippen LogP contribution is -2.59. The van der Waals surface area contributed by atoms with E-state index in [0.29, 0.717) is 0 Å². The standard InChI is InChI=1S/C9H14O9/c10-5(4-6(11)12)2-1-3-8(15,16)9(17,18)7(13)14/h15-18H,1-4H2,(H,11,12)(H,13,14). The van der Waals surface area contributed by atoms with E-state index in [4.69, 9.17) is 30.6 Å². The van der Waals surface area contributed by atoms with Crippen LogP contribution >= 0.6 is 0 Å². The van der Waals surface area contributed by atoms with Crippen molar-refractivity contribution in [1.29, 1.82) is 0 Å². The number of Topliss-reactive ketones (excluding diaryl/α,β-unsaturated/α-hetero) is 1. The van der Waals surface area contributed by atoms with Crippen LogP contribution in [0, 0.1) is 0 Å². The maximum atomic E-state index is 10.9. The summed E-state index contributed by atoms with van der Waals surface area (Å²) in [7, 11) is 0. The molecule has 0 spiro atoms. The van der Waals surface area contributed by atoms with Crippen LogP contribution in [0.3, 0.4) is 0 Å². The third-order valence-electron chi connectivity index (χ3n) is 2.19. The Balaban J connectivity index is 4.33. The largest absolute Gasteiger partial charge is 0.481 e. The van der Waals surface area contributed by atoms with Gasteiger partial charge in [-0.2, -0.15) is 0 Å². The van der Waals surface area contributed by atoms with Crippen LogP contribution in [-0.2, 0) is 14.4 Å². The summed E-state index contributed by atoms with van der Waals surface area (Å²) in [5.41, 5.74) is 0. The molecule has 0 atom stereocenters. The lowest BCUT2D eigenvalue weighted by atomic mass is 9.98. The molecule has 0 bridgehead atoms. The molecule has 0 aliphatic heterocycles. The van der Waals surface area contributed by atoms with Crippen LogP contribution in [0.5, 0.6) is 0 Å². The van der Waals surface area contributed by atoms with Crippen LogP contribution in [0.15, 0.2) is 0 Å². The molecule has 0 aromatic rings. The zero-order chi connectivity index (χ0) is 14.6. The van der Waals surface area contributed by atoms with Gasteiger partial charge >= 0.3 is 17.7 Å². The van der Waals surface area contributed by atoms with E-state index in [2.05, 4.69) is 0 Å². The molecule has 18 heavy (non-hydrogen) atoms. The third-order valence-corrected chi connectivity index (χ3v) is 2.19. The van der Waals surface area contributed by atoms with Gasteiger partial charge in [-0.05, 0) is 6.42 Å². The minimum atomic E-state index is -3.77. The van der Waals surface area contributed by atoms with Crippen molar-refractivity contribution in [2.24, 2.45) is 0 Å². The fourth-order valence-electron chi connectivity index (χ4n) is 1.13. The van der Waals surface area contributed by atoms with E-state index in [9.17, 15) is 14.4 Å². The van der Waals surface area contributed by atoms with E-state index in [-0.39, 0.29) is 12.8 Å². The fourth-order valence-corrected chi connectivity index (χ4v) is 1.13. The lowest BCUT2D eigenvalue weighted by molar-refractivity contribution is -0.346. The third kappa shape index (κ3) is 4.37. The number of aliphatic hydroxyl groups is 4. The Bertz CT molecular complexity index is 344. The van der Waals surface area contributed by atoms with Crippen molar-refractivity contribution in [3.05, 3.63) is 0 Å². The molecule has 0 rings (SSSR count). The first-order chi connectivity index (χ1) is 8.00. The Morgan fingerprint density at radius 3 is 1.83 bits per heavy atom. The number of hydrogen-bond donors (Lipinski definition) is 6. The molecule has 9 heteroatoms. The number of hydrogen-bond acceptors (Lipinski definition) is 7. The van der Waals surface area contributed by atoms with Gasteiger partial charge in [-0.25, -0.2) is 4.79 Å². The van der Waals surface area contributed by atoms with E-state index in [1.807, 2.05) is 0 Å². The summed E-state index contributed by atoms with van der Waals surface area (Å²) in [6, 6.07) is 0. The van der Waals surface area contributed by atoms with Crippen LogP contribution in [-0.4, -0.2) is 59.9 Å². The second-order valence-electron chi connectivity index (χ2n) is 3.76. The van der Waals surface area contributed by atoms with Crippen LogP contribution in [0.2, 0.25) is 0 Å². The SMILES string of the molecule is O=C(O)CC(=O)CCCC(O)(O)C(O)(O)C(=O)O. The quantitative estimate of drug-likeness (QED) is 0.207. The summed E-state index contributed by atoms with van der Waals surface area (Å²) < 4.78 is 0. The number of carboxylic acid groups (broad SMARTS) is 2. The first kappa shape index (κ1) is 16.4. The molecule has 0 saturated heterocycles. The van der Waals surface area contributed by atoms with E-state index < -0.39 is 42.1 Å². The van der Waals surface area contributed by atoms with Crippen molar-refractivity contribution < 1.29 is 45.0 Å². The van der Waals surface area contributed by atoms with E-state index in [1.54, 1.807) is 0 Å². The van der Waals surface area contributed by atoms with Gasteiger partial charge in [0.15, 0.2) is 0 Å². The highest BCUT2D eigenvalue weighted by Gasteiger charge is 2.53. The summed E-state index contributed by atoms with van der Waals surface area (Å²) in [4.78, 5) is 31.4. The summed E-state index contributed by atoms with van der Waals surface area (Å²) in [5.74, 6) is -11.4. The van der Waals surface area contributed by atoms with Crippen LogP contribution < -0.4 is 0 Å². The van der Waals surface area contributed by atoms with Gasteiger partial charge in [-0.1, -0.05) is 0 Å². The molecule has 0 aliphatic carbocycles. The molecule has 0 aliphatic rings. The summed E-state index contributed by atoms with van der Waals surface area (Å²) >= 11 is 0. The highest BCUT2D eigenvalue weighted by atomic mass is 16.6. The Kier molecular flexibility index (Phi) is 5.36. The van der Waals surface area contributed by atoms with Gasteiger partial charge < -0.3 is 30.6 Å². The number of carbonyl (C=O) groups excluding carboxylic acids is 1. The molecule has 0 aromatic heterocycles. The van der Waals surface area contributed by atoms with Gasteiger partial charge in [0, 0.05) is 12.8 Å².